The molecule has 7 heteroatoms. The van der Waals surface area contributed by atoms with Crippen molar-refractivity contribution in [2.24, 2.45) is 0 Å². The summed E-state index contributed by atoms with van der Waals surface area (Å²) in [6, 6.07) is 12.6. The van der Waals surface area contributed by atoms with Crippen LogP contribution >= 0.6 is 11.6 Å². The minimum atomic E-state index is -1.23. The van der Waals surface area contributed by atoms with Gasteiger partial charge >= 0.3 is 11.9 Å². The molecule has 6 nitrogen and oxygen atoms in total. The zero-order valence-electron chi connectivity index (χ0n) is 14.2. The van der Waals surface area contributed by atoms with Gasteiger partial charge in [0.25, 0.3) is 0 Å². The number of carboxylic acid groups (broad SMARTS) is 1. The van der Waals surface area contributed by atoms with E-state index in [0.29, 0.717) is 35.1 Å². The zero-order chi connectivity index (χ0) is 18.9. The van der Waals surface area contributed by atoms with Crippen LogP contribution in [0.1, 0.15) is 17.5 Å². The maximum atomic E-state index is 11.3. The van der Waals surface area contributed by atoms with Crippen LogP contribution in [0.15, 0.2) is 42.5 Å². The average molecular weight is 379 g/mol. The predicted octanol–water partition coefficient (Wildman–Crippen LogP) is 3.49. The summed E-state index contributed by atoms with van der Waals surface area (Å²) in [4.78, 5) is 21.8. The minimum Gasteiger partial charge on any atom is -0.493 e. The molecule has 0 aliphatic heterocycles. The van der Waals surface area contributed by atoms with Crippen molar-refractivity contribution in [1.29, 1.82) is 0 Å². The molecular weight excluding hydrogens is 360 g/mol. The molecule has 2 aromatic carbocycles. The molecule has 0 atom stereocenters. The van der Waals surface area contributed by atoms with Crippen LogP contribution < -0.4 is 9.47 Å². The van der Waals surface area contributed by atoms with Gasteiger partial charge < -0.3 is 19.3 Å². The number of rotatable bonds is 9. The lowest BCUT2D eigenvalue weighted by molar-refractivity contribution is -0.152. The van der Waals surface area contributed by atoms with E-state index >= 15 is 0 Å². The summed E-state index contributed by atoms with van der Waals surface area (Å²) in [6.07, 6.45) is 0.0265. The van der Waals surface area contributed by atoms with Gasteiger partial charge in [-0.3, -0.25) is 9.59 Å². The average Bonchev–Trinajstić information content (AvgIpc) is 2.61. The Kier molecular flexibility index (Phi) is 7.29. The maximum absolute atomic E-state index is 11.3. The number of esters is 1. The Morgan fingerprint density at radius 3 is 2.38 bits per heavy atom. The Hall–Kier alpha value is -2.73. The Morgan fingerprint density at radius 1 is 1.04 bits per heavy atom. The van der Waals surface area contributed by atoms with Crippen LogP contribution in [0.4, 0.5) is 0 Å². The topological polar surface area (TPSA) is 82.1 Å². The second-order valence-electron chi connectivity index (χ2n) is 5.44. The number of benzene rings is 2. The first-order valence-corrected chi connectivity index (χ1v) is 8.27. The lowest BCUT2D eigenvalue weighted by Gasteiger charge is -2.13. The van der Waals surface area contributed by atoms with Crippen molar-refractivity contribution in [3.05, 3.63) is 58.6 Å². The first-order chi connectivity index (χ1) is 12.5. The number of carbonyl (C=O) groups excluding carboxylic acids is 1. The third kappa shape index (κ3) is 6.29. The van der Waals surface area contributed by atoms with Crippen molar-refractivity contribution in [1.82, 2.24) is 0 Å². The molecule has 0 amide bonds. The quantitative estimate of drug-likeness (QED) is 0.531. The number of aliphatic carboxylic acids is 1. The summed E-state index contributed by atoms with van der Waals surface area (Å²) in [6.45, 7) is 0.393. The van der Waals surface area contributed by atoms with Crippen molar-refractivity contribution in [3.63, 3.8) is 0 Å². The van der Waals surface area contributed by atoms with Crippen molar-refractivity contribution in [2.45, 2.75) is 19.4 Å². The highest BCUT2D eigenvalue weighted by atomic mass is 35.5. The number of halogens is 1. The lowest BCUT2D eigenvalue weighted by Crippen LogP contribution is -2.10. The fourth-order valence-corrected chi connectivity index (χ4v) is 2.32. The molecule has 0 aromatic heterocycles. The molecule has 0 aliphatic carbocycles. The molecule has 0 heterocycles. The highest BCUT2D eigenvalue weighted by molar-refractivity contribution is 6.30. The molecule has 0 radical (unpaired) electrons. The largest absolute Gasteiger partial charge is 0.493 e. The minimum absolute atomic E-state index is 0.0380. The van der Waals surface area contributed by atoms with E-state index in [4.69, 9.17) is 30.9 Å². The molecule has 0 aliphatic rings. The molecule has 0 bridgehead atoms. The highest BCUT2D eigenvalue weighted by Crippen LogP contribution is 2.28. The van der Waals surface area contributed by atoms with E-state index in [0.717, 1.165) is 5.56 Å². The van der Waals surface area contributed by atoms with Crippen molar-refractivity contribution in [2.75, 3.05) is 13.7 Å². The van der Waals surface area contributed by atoms with Gasteiger partial charge in [-0.1, -0.05) is 29.8 Å². The van der Waals surface area contributed by atoms with Gasteiger partial charge in [0.1, 0.15) is 13.0 Å². The first kappa shape index (κ1) is 19.6. The molecular formula is C19H19ClO6. The number of carboxylic acids is 1. The van der Waals surface area contributed by atoms with Crippen LogP contribution in [0.2, 0.25) is 5.02 Å². The summed E-state index contributed by atoms with van der Waals surface area (Å²) >= 11 is 5.86. The first-order valence-electron chi connectivity index (χ1n) is 7.89. The van der Waals surface area contributed by atoms with Gasteiger partial charge in [0.15, 0.2) is 11.5 Å². The van der Waals surface area contributed by atoms with Gasteiger partial charge in [-0.2, -0.15) is 0 Å². The highest BCUT2D eigenvalue weighted by Gasteiger charge is 2.11. The van der Waals surface area contributed by atoms with E-state index in [2.05, 4.69) is 0 Å². The third-order valence-electron chi connectivity index (χ3n) is 3.48. The zero-order valence-corrected chi connectivity index (χ0v) is 15.0. The SMILES string of the molecule is COc1ccc(COC(=O)CC(=O)O)cc1OCCc1ccc(Cl)cc1. The van der Waals surface area contributed by atoms with Crippen LogP contribution in [0, 0.1) is 0 Å². The summed E-state index contributed by atoms with van der Waals surface area (Å²) in [5.41, 5.74) is 1.76. The van der Waals surface area contributed by atoms with E-state index in [-0.39, 0.29) is 6.61 Å². The Bertz CT molecular complexity index is 757. The van der Waals surface area contributed by atoms with E-state index in [1.807, 2.05) is 24.3 Å². The summed E-state index contributed by atoms with van der Waals surface area (Å²) < 4.78 is 16.0. The number of carbonyl (C=O) groups is 2. The van der Waals surface area contributed by atoms with Crippen molar-refractivity contribution in [3.8, 4) is 11.5 Å². The summed E-state index contributed by atoms with van der Waals surface area (Å²) in [5, 5.41) is 9.24. The number of hydrogen-bond acceptors (Lipinski definition) is 5. The maximum Gasteiger partial charge on any atom is 0.317 e. The normalized spacial score (nSPS) is 10.2. The summed E-state index contributed by atoms with van der Waals surface area (Å²) in [5.74, 6) is -0.940. The smallest absolute Gasteiger partial charge is 0.317 e. The lowest BCUT2D eigenvalue weighted by atomic mass is 10.1. The van der Waals surface area contributed by atoms with Crippen LogP contribution in [0.3, 0.4) is 0 Å². The number of methoxy groups -OCH3 is 1. The van der Waals surface area contributed by atoms with Crippen molar-refractivity contribution >= 4 is 23.5 Å². The van der Waals surface area contributed by atoms with Gasteiger partial charge in [-0.25, -0.2) is 0 Å². The molecule has 1 N–H and O–H groups in total. The van der Waals surface area contributed by atoms with Gasteiger partial charge in [0.2, 0.25) is 0 Å². The summed E-state index contributed by atoms with van der Waals surface area (Å²) in [7, 11) is 1.54. The Balaban J connectivity index is 1.94. The van der Waals surface area contributed by atoms with Gasteiger partial charge in [0.05, 0.1) is 13.7 Å². The second kappa shape index (κ2) is 9.68. The van der Waals surface area contributed by atoms with Crippen LogP contribution in [-0.4, -0.2) is 30.8 Å². The number of ether oxygens (including phenoxy) is 3. The fourth-order valence-electron chi connectivity index (χ4n) is 2.19. The van der Waals surface area contributed by atoms with Gasteiger partial charge in [0, 0.05) is 11.4 Å². The molecule has 2 rings (SSSR count). The molecule has 0 fully saturated rings. The van der Waals surface area contributed by atoms with E-state index < -0.39 is 18.4 Å². The molecule has 138 valence electrons. The van der Waals surface area contributed by atoms with Crippen LogP contribution in [-0.2, 0) is 27.4 Å². The van der Waals surface area contributed by atoms with E-state index in [1.165, 1.54) is 7.11 Å². The van der Waals surface area contributed by atoms with Crippen LogP contribution in [0.5, 0.6) is 11.5 Å². The van der Waals surface area contributed by atoms with Gasteiger partial charge in [-0.05, 0) is 35.4 Å². The Labute approximate surface area is 156 Å². The van der Waals surface area contributed by atoms with E-state index in [9.17, 15) is 9.59 Å². The second-order valence-corrected chi connectivity index (χ2v) is 5.88. The Morgan fingerprint density at radius 2 is 1.73 bits per heavy atom. The molecule has 26 heavy (non-hydrogen) atoms. The molecule has 0 saturated carbocycles. The van der Waals surface area contributed by atoms with Crippen molar-refractivity contribution < 1.29 is 28.9 Å². The standard InChI is InChI=1S/C19H19ClO6/c1-24-16-7-4-14(12-26-19(23)11-18(21)22)10-17(16)25-9-8-13-2-5-15(20)6-3-13/h2-7,10H,8-9,11-12H2,1H3,(H,21,22). The van der Waals surface area contributed by atoms with Gasteiger partial charge in [-0.15, -0.1) is 0 Å². The number of hydrogen-bond donors (Lipinski definition) is 1. The molecule has 0 unspecified atom stereocenters. The van der Waals surface area contributed by atoms with E-state index in [1.54, 1.807) is 18.2 Å². The third-order valence-corrected chi connectivity index (χ3v) is 3.74. The molecule has 0 saturated heterocycles. The monoisotopic (exact) mass is 378 g/mol. The molecule has 0 spiro atoms. The fraction of sp³-hybridized carbons (Fsp3) is 0.263. The predicted molar refractivity (Wildman–Crippen MR) is 95.7 cm³/mol. The van der Waals surface area contributed by atoms with Crippen LogP contribution in [0.25, 0.3) is 0 Å². The molecule has 2 aromatic rings.